The molecule has 0 spiro atoms. The first kappa shape index (κ1) is 14.2. The van der Waals surface area contributed by atoms with E-state index >= 15 is 0 Å². The Morgan fingerprint density at radius 2 is 1.95 bits per heavy atom. The van der Waals surface area contributed by atoms with E-state index in [2.05, 4.69) is 5.43 Å². The maximum atomic E-state index is 6.21. The number of hydrogen-bond donors (Lipinski definition) is 2. The van der Waals surface area contributed by atoms with Crippen LogP contribution in [0.1, 0.15) is 17.2 Å². The fraction of sp³-hybridized carbons (Fsp3) is 0.143. The van der Waals surface area contributed by atoms with Gasteiger partial charge in [0.25, 0.3) is 0 Å². The van der Waals surface area contributed by atoms with Gasteiger partial charge in [0.05, 0.1) is 13.2 Å². The van der Waals surface area contributed by atoms with Crippen LogP contribution >= 0.6 is 23.2 Å². The fourth-order valence-electron chi connectivity index (χ4n) is 1.92. The van der Waals surface area contributed by atoms with E-state index in [9.17, 15) is 0 Å². The summed E-state index contributed by atoms with van der Waals surface area (Å²) in [7, 11) is 1.62. The lowest BCUT2D eigenvalue weighted by molar-refractivity contribution is 0.413. The van der Waals surface area contributed by atoms with E-state index in [4.69, 9.17) is 33.8 Å². The number of hydrogen-bond acceptors (Lipinski definition) is 3. The number of hydrazine groups is 1. The van der Waals surface area contributed by atoms with Gasteiger partial charge in [0, 0.05) is 10.0 Å². The van der Waals surface area contributed by atoms with E-state index in [1.54, 1.807) is 25.3 Å². The van der Waals surface area contributed by atoms with Crippen molar-refractivity contribution in [3.05, 3.63) is 63.6 Å². The molecule has 1 atom stereocenters. The van der Waals surface area contributed by atoms with Gasteiger partial charge in [-0.2, -0.15) is 0 Å². The predicted octanol–water partition coefficient (Wildman–Crippen LogP) is 3.55. The molecule has 5 heteroatoms. The lowest BCUT2D eigenvalue weighted by atomic mass is 9.99. The van der Waals surface area contributed by atoms with Gasteiger partial charge in [-0.25, -0.2) is 5.43 Å². The minimum absolute atomic E-state index is 0.249. The van der Waals surface area contributed by atoms with E-state index in [0.29, 0.717) is 10.0 Å². The maximum absolute atomic E-state index is 6.21. The van der Waals surface area contributed by atoms with E-state index < -0.39 is 0 Å². The van der Waals surface area contributed by atoms with Gasteiger partial charge in [-0.1, -0.05) is 35.3 Å². The summed E-state index contributed by atoms with van der Waals surface area (Å²) in [5.74, 6) is 6.41. The third-order valence-corrected chi connectivity index (χ3v) is 3.44. The van der Waals surface area contributed by atoms with Crippen LogP contribution in [-0.2, 0) is 0 Å². The lowest BCUT2D eigenvalue weighted by Gasteiger charge is -2.19. The minimum atomic E-state index is -0.249. The van der Waals surface area contributed by atoms with Crippen LogP contribution < -0.4 is 16.0 Å². The van der Waals surface area contributed by atoms with Crippen molar-refractivity contribution in [3.8, 4) is 5.75 Å². The molecule has 0 radical (unpaired) electrons. The van der Waals surface area contributed by atoms with Gasteiger partial charge < -0.3 is 4.74 Å². The monoisotopic (exact) mass is 296 g/mol. The van der Waals surface area contributed by atoms with Crippen molar-refractivity contribution in [1.29, 1.82) is 0 Å². The van der Waals surface area contributed by atoms with Crippen molar-refractivity contribution < 1.29 is 4.74 Å². The maximum Gasteiger partial charge on any atom is 0.119 e. The molecule has 19 heavy (non-hydrogen) atoms. The summed E-state index contributed by atoms with van der Waals surface area (Å²) < 4.78 is 5.21. The second kappa shape index (κ2) is 6.26. The summed E-state index contributed by atoms with van der Waals surface area (Å²) in [5.41, 5.74) is 4.53. The van der Waals surface area contributed by atoms with Crippen LogP contribution in [0.5, 0.6) is 5.75 Å². The Hall–Kier alpha value is -1.26. The highest BCUT2D eigenvalue weighted by Gasteiger charge is 2.16. The van der Waals surface area contributed by atoms with Crippen molar-refractivity contribution in [2.24, 2.45) is 5.84 Å². The predicted molar refractivity (Wildman–Crippen MR) is 78.6 cm³/mol. The first-order valence-corrected chi connectivity index (χ1v) is 6.46. The highest BCUT2D eigenvalue weighted by atomic mass is 35.5. The van der Waals surface area contributed by atoms with Crippen LogP contribution in [0.25, 0.3) is 0 Å². The Morgan fingerprint density at radius 3 is 2.63 bits per heavy atom. The Bertz CT molecular complexity index is 575. The smallest absolute Gasteiger partial charge is 0.119 e. The normalized spacial score (nSPS) is 12.2. The van der Waals surface area contributed by atoms with Crippen molar-refractivity contribution in [2.75, 3.05) is 7.11 Å². The van der Waals surface area contributed by atoms with Crippen LogP contribution in [-0.4, -0.2) is 7.11 Å². The second-order valence-electron chi connectivity index (χ2n) is 4.04. The molecule has 0 bridgehead atoms. The molecule has 0 aromatic heterocycles. The quantitative estimate of drug-likeness (QED) is 0.670. The minimum Gasteiger partial charge on any atom is -0.497 e. The van der Waals surface area contributed by atoms with Gasteiger partial charge in [-0.15, -0.1) is 0 Å². The Labute approximate surface area is 122 Å². The molecule has 3 nitrogen and oxygen atoms in total. The Kier molecular flexibility index (Phi) is 4.66. The summed E-state index contributed by atoms with van der Waals surface area (Å²) in [6, 6.07) is 12.7. The molecule has 100 valence electrons. The van der Waals surface area contributed by atoms with Gasteiger partial charge in [0.2, 0.25) is 0 Å². The van der Waals surface area contributed by atoms with Gasteiger partial charge in [-0.3, -0.25) is 5.84 Å². The third-order valence-electron chi connectivity index (χ3n) is 2.86. The first-order valence-electron chi connectivity index (χ1n) is 5.70. The summed E-state index contributed by atoms with van der Waals surface area (Å²) in [5, 5.41) is 1.22. The molecule has 2 aromatic rings. The highest BCUT2D eigenvalue weighted by Crippen LogP contribution is 2.31. The molecule has 3 N–H and O–H groups in total. The SMILES string of the molecule is COc1cccc(C(NN)c2cc(Cl)ccc2Cl)c1. The molecular formula is C14H14Cl2N2O. The van der Waals surface area contributed by atoms with Crippen LogP contribution in [0.15, 0.2) is 42.5 Å². The number of halogens is 2. The number of methoxy groups -OCH3 is 1. The standard InChI is InChI=1S/C14H14Cl2N2O/c1-19-11-4-2-3-9(7-11)14(18-17)12-8-10(15)5-6-13(12)16/h2-8,14,18H,17H2,1H3. The molecule has 2 aromatic carbocycles. The number of nitrogens with two attached hydrogens (primary N) is 1. The highest BCUT2D eigenvalue weighted by molar-refractivity contribution is 6.33. The largest absolute Gasteiger partial charge is 0.497 e. The lowest BCUT2D eigenvalue weighted by Crippen LogP contribution is -2.29. The van der Waals surface area contributed by atoms with Gasteiger partial charge in [0.15, 0.2) is 0 Å². The molecule has 0 heterocycles. The zero-order valence-corrected chi connectivity index (χ0v) is 11.9. The number of benzene rings is 2. The number of nitrogens with one attached hydrogen (secondary N) is 1. The van der Waals surface area contributed by atoms with E-state index in [-0.39, 0.29) is 6.04 Å². The van der Waals surface area contributed by atoms with E-state index in [1.807, 2.05) is 24.3 Å². The Morgan fingerprint density at radius 1 is 1.16 bits per heavy atom. The molecule has 0 saturated carbocycles. The molecule has 1 unspecified atom stereocenters. The molecule has 2 rings (SSSR count). The van der Waals surface area contributed by atoms with Gasteiger partial charge in [0.1, 0.15) is 5.75 Å². The fourth-order valence-corrected chi connectivity index (χ4v) is 2.33. The molecule has 0 fully saturated rings. The van der Waals surface area contributed by atoms with E-state index in [1.165, 1.54) is 0 Å². The second-order valence-corrected chi connectivity index (χ2v) is 4.89. The molecular weight excluding hydrogens is 283 g/mol. The van der Waals surface area contributed by atoms with Crippen molar-refractivity contribution in [1.82, 2.24) is 5.43 Å². The summed E-state index contributed by atoms with van der Waals surface area (Å²) in [6.07, 6.45) is 0. The van der Waals surface area contributed by atoms with Crippen molar-refractivity contribution in [2.45, 2.75) is 6.04 Å². The molecule has 0 aliphatic carbocycles. The molecule has 0 aliphatic rings. The van der Waals surface area contributed by atoms with E-state index in [0.717, 1.165) is 16.9 Å². The third kappa shape index (κ3) is 3.19. The summed E-state index contributed by atoms with van der Waals surface area (Å²) >= 11 is 12.2. The van der Waals surface area contributed by atoms with Crippen molar-refractivity contribution in [3.63, 3.8) is 0 Å². The summed E-state index contributed by atoms with van der Waals surface area (Å²) in [4.78, 5) is 0. The Balaban J connectivity index is 2.46. The number of ether oxygens (including phenoxy) is 1. The van der Waals surface area contributed by atoms with Crippen LogP contribution in [0.3, 0.4) is 0 Å². The first-order chi connectivity index (χ1) is 9.15. The summed E-state index contributed by atoms with van der Waals surface area (Å²) in [6.45, 7) is 0. The van der Waals surface area contributed by atoms with Gasteiger partial charge >= 0.3 is 0 Å². The average molecular weight is 297 g/mol. The molecule has 0 amide bonds. The molecule has 0 aliphatic heterocycles. The average Bonchev–Trinajstić information content (AvgIpc) is 2.44. The van der Waals surface area contributed by atoms with Crippen molar-refractivity contribution >= 4 is 23.2 Å². The zero-order valence-electron chi connectivity index (χ0n) is 10.4. The van der Waals surface area contributed by atoms with Crippen LogP contribution in [0.2, 0.25) is 10.0 Å². The van der Waals surface area contributed by atoms with Crippen LogP contribution in [0.4, 0.5) is 0 Å². The topological polar surface area (TPSA) is 47.3 Å². The van der Waals surface area contributed by atoms with Crippen LogP contribution in [0, 0.1) is 0 Å². The zero-order chi connectivity index (χ0) is 13.8. The molecule has 0 saturated heterocycles. The van der Waals surface area contributed by atoms with Gasteiger partial charge in [-0.05, 0) is 41.5 Å². The number of rotatable bonds is 4.